The number of thiophene rings is 1. The summed E-state index contributed by atoms with van der Waals surface area (Å²) in [5, 5.41) is 13.8. The van der Waals surface area contributed by atoms with Gasteiger partial charge >= 0.3 is 0 Å². The molecule has 146 valence electrons. The number of amides is 1. The third-order valence-electron chi connectivity index (χ3n) is 5.31. The van der Waals surface area contributed by atoms with Crippen LogP contribution in [0.4, 0.5) is 0 Å². The van der Waals surface area contributed by atoms with Crippen LogP contribution in [0, 0.1) is 5.92 Å². The number of aromatic nitrogens is 3. The SMILES string of the molecule is CN(CC1CC(c2cccs2)NN1)C(=O)c1cn(CC2CCCNC2)nn1. The lowest BCUT2D eigenvalue weighted by molar-refractivity contribution is 0.0777. The van der Waals surface area contributed by atoms with E-state index in [9.17, 15) is 4.79 Å². The lowest BCUT2D eigenvalue weighted by atomic mass is 10.00. The molecular weight excluding hydrogens is 362 g/mol. The van der Waals surface area contributed by atoms with E-state index in [1.807, 2.05) is 7.05 Å². The molecule has 4 heterocycles. The Kier molecular flexibility index (Phi) is 5.82. The summed E-state index contributed by atoms with van der Waals surface area (Å²) in [5.41, 5.74) is 7.05. The summed E-state index contributed by atoms with van der Waals surface area (Å²) in [6.45, 7) is 3.55. The Labute approximate surface area is 163 Å². The van der Waals surface area contributed by atoms with Gasteiger partial charge in [-0.1, -0.05) is 11.3 Å². The molecule has 1 amide bonds. The van der Waals surface area contributed by atoms with Gasteiger partial charge in [-0.15, -0.1) is 16.4 Å². The molecule has 2 aromatic rings. The average molecular weight is 390 g/mol. The van der Waals surface area contributed by atoms with Crippen LogP contribution in [-0.2, 0) is 6.54 Å². The summed E-state index contributed by atoms with van der Waals surface area (Å²) in [6, 6.07) is 4.73. The van der Waals surface area contributed by atoms with Crippen molar-refractivity contribution in [3.05, 3.63) is 34.3 Å². The number of rotatable bonds is 6. The van der Waals surface area contributed by atoms with E-state index in [-0.39, 0.29) is 11.9 Å². The van der Waals surface area contributed by atoms with Crippen molar-refractivity contribution in [1.82, 2.24) is 36.1 Å². The molecule has 4 rings (SSSR count). The molecule has 2 saturated heterocycles. The zero-order chi connectivity index (χ0) is 18.6. The van der Waals surface area contributed by atoms with Crippen molar-refractivity contribution in [3.63, 3.8) is 0 Å². The third kappa shape index (κ3) is 4.55. The predicted octanol–water partition coefficient (Wildman–Crippen LogP) is 1.02. The van der Waals surface area contributed by atoms with Crippen LogP contribution in [0.1, 0.15) is 40.7 Å². The van der Waals surface area contributed by atoms with E-state index in [2.05, 4.69) is 44.0 Å². The molecule has 0 spiro atoms. The monoisotopic (exact) mass is 389 g/mol. The fourth-order valence-electron chi connectivity index (χ4n) is 3.86. The highest BCUT2D eigenvalue weighted by molar-refractivity contribution is 7.10. The van der Waals surface area contributed by atoms with Gasteiger partial charge in [-0.05, 0) is 49.7 Å². The number of hydrogen-bond acceptors (Lipinski definition) is 7. The molecule has 2 aromatic heterocycles. The van der Waals surface area contributed by atoms with Crippen LogP contribution in [0.25, 0.3) is 0 Å². The maximum Gasteiger partial charge on any atom is 0.275 e. The Morgan fingerprint density at radius 2 is 2.37 bits per heavy atom. The number of carbonyl (C=O) groups excluding carboxylic acids is 1. The maximum atomic E-state index is 12.7. The van der Waals surface area contributed by atoms with Crippen LogP contribution in [0.3, 0.4) is 0 Å². The Morgan fingerprint density at radius 1 is 1.44 bits per heavy atom. The molecule has 2 aliphatic heterocycles. The third-order valence-corrected chi connectivity index (χ3v) is 6.30. The van der Waals surface area contributed by atoms with Gasteiger partial charge in [0.2, 0.25) is 0 Å². The van der Waals surface area contributed by atoms with Gasteiger partial charge in [0.05, 0.1) is 12.2 Å². The van der Waals surface area contributed by atoms with Crippen LogP contribution in [-0.4, -0.2) is 58.5 Å². The second-order valence-electron chi connectivity index (χ2n) is 7.51. The summed E-state index contributed by atoms with van der Waals surface area (Å²) < 4.78 is 1.81. The number of nitrogens with zero attached hydrogens (tertiary/aromatic N) is 4. The van der Waals surface area contributed by atoms with Crippen molar-refractivity contribution < 1.29 is 4.79 Å². The number of piperidine rings is 1. The van der Waals surface area contributed by atoms with Gasteiger partial charge < -0.3 is 10.2 Å². The van der Waals surface area contributed by atoms with Gasteiger partial charge in [0.1, 0.15) is 0 Å². The lowest BCUT2D eigenvalue weighted by Gasteiger charge is -2.22. The van der Waals surface area contributed by atoms with Crippen LogP contribution in [0.2, 0.25) is 0 Å². The summed E-state index contributed by atoms with van der Waals surface area (Å²) in [4.78, 5) is 15.7. The molecule has 27 heavy (non-hydrogen) atoms. The summed E-state index contributed by atoms with van der Waals surface area (Å²) in [6.07, 6.45) is 5.13. The number of likely N-dealkylation sites (N-methyl/N-ethyl adjacent to an activating group) is 1. The van der Waals surface area contributed by atoms with Crippen LogP contribution >= 0.6 is 11.3 Å². The molecule has 0 aromatic carbocycles. The van der Waals surface area contributed by atoms with Crippen LogP contribution < -0.4 is 16.2 Å². The van der Waals surface area contributed by atoms with Crippen molar-refractivity contribution >= 4 is 17.2 Å². The highest BCUT2D eigenvalue weighted by atomic mass is 32.1. The highest BCUT2D eigenvalue weighted by Crippen LogP contribution is 2.26. The van der Waals surface area contributed by atoms with E-state index in [0.29, 0.717) is 24.2 Å². The Bertz CT molecular complexity index is 741. The van der Waals surface area contributed by atoms with E-state index in [1.54, 1.807) is 27.1 Å². The van der Waals surface area contributed by atoms with Gasteiger partial charge in [-0.3, -0.25) is 14.9 Å². The van der Waals surface area contributed by atoms with E-state index < -0.39 is 0 Å². The largest absolute Gasteiger partial charge is 0.339 e. The average Bonchev–Trinajstić information content (AvgIpc) is 3.43. The molecule has 3 N–H and O–H groups in total. The standard InChI is InChI=1S/C18H27N7OS/c1-24(11-14-8-15(21-20-14)17-5-3-7-27-17)18(26)16-12-25(23-22-16)10-13-4-2-6-19-9-13/h3,5,7,12-15,19-21H,2,4,6,8-11H2,1H3. The molecule has 9 heteroatoms. The van der Waals surface area contributed by atoms with Crippen LogP contribution in [0.15, 0.2) is 23.7 Å². The molecule has 0 aliphatic carbocycles. The zero-order valence-electron chi connectivity index (χ0n) is 15.6. The Balaban J connectivity index is 1.29. The number of hydrogen-bond donors (Lipinski definition) is 3. The van der Waals surface area contributed by atoms with Crippen molar-refractivity contribution in [2.75, 3.05) is 26.7 Å². The van der Waals surface area contributed by atoms with Gasteiger partial charge in [-0.25, -0.2) is 5.43 Å². The maximum absolute atomic E-state index is 12.7. The van der Waals surface area contributed by atoms with E-state index in [4.69, 9.17) is 0 Å². The van der Waals surface area contributed by atoms with Crippen molar-refractivity contribution in [3.8, 4) is 0 Å². The molecule has 0 bridgehead atoms. The van der Waals surface area contributed by atoms with Crippen molar-refractivity contribution in [1.29, 1.82) is 0 Å². The zero-order valence-corrected chi connectivity index (χ0v) is 16.4. The summed E-state index contributed by atoms with van der Waals surface area (Å²) in [7, 11) is 1.83. The molecule has 2 aliphatic rings. The van der Waals surface area contributed by atoms with Gasteiger partial charge in [-0.2, -0.15) is 0 Å². The number of hydrazine groups is 1. The molecule has 8 nitrogen and oxygen atoms in total. The van der Waals surface area contributed by atoms with Gasteiger partial charge in [0.15, 0.2) is 5.69 Å². The molecule has 2 fully saturated rings. The second-order valence-corrected chi connectivity index (χ2v) is 8.49. The molecule has 3 atom stereocenters. The summed E-state index contributed by atoms with van der Waals surface area (Å²) in [5.74, 6) is 0.480. The fourth-order valence-corrected chi connectivity index (χ4v) is 4.65. The first-order valence-corrected chi connectivity index (χ1v) is 10.5. The first-order valence-electron chi connectivity index (χ1n) is 9.60. The van der Waals surface area contributed by atoms with Crippen molar-refractivity contribution in [2.24, 2.45) is 5.92 Å². The smallest absolute Gasteiger partial charge is 0.275 e. The topological polar surface area (TPSA) is 87.1 Å². The first kappa shape index (κ1) is 18.5. The van der Waals surface area contributed by atoms with Crippen LogP contribution in [0.5, 0.6) is 0 Å². The van der Waals surface area contributed by atoms with Gasteiger partial charge in [0, 0.05) is 31.1 Å². The molecule has 3 unspecified atom stereocenters. The van der Waals surface area contributed by atoms with Crippen molar-refractivity contribution in [2.45, 2.75) is 37.9 Å². The minimum atomic E-state index is -0.0793. The molecular formula is C18H27N7OS. The van der Waals surface area contributed by atoms with E-state index in [1.165, 1.54) is 17.7 Å². The Morgan fingerprint density at radius 3 is 3.15 bits per heavy atom. The van der Waals surface area contributed by atoms with E-state index in [0.717, 1.165) is 26.1 Å². The fraction of sp³-hybridized carbons (Fsp3) is 0.611. The molecule has 0 saturated carbocycles. The summed E-state index contributed by atoms with van der Waals surface area (Å²) >= 11 is 1.75. The normalized spacial score (nSPS) is 25.6. The van der Waals surface area contributed by atoms with Gasteiger partial charge in [0.25, 0.3) is 5.91 Å². The Hall–Kier alpha value is -1.81. The first-order chi connectivity index (χ1) is 13.2. The second kappa shape index (κ2) is 8.47. The number of carbonyl (C=O) groups is 1. The molecule has 0 radical (unpaired) electrons. The lowest BCUT2D eigenvalue weighted by Crippen LogP contribution is -2.41. The quantitative estimate of drug-likeness (QED) is 0.684. The highest BCUT2D eigenvalue weighted by Gasteiger charge is 2.28. The minimum absolute atomic E-state index is 0.0793. The minimum Gasteiger partial charge on any atom is -0.339 e. The van der Waals surface area contributed by atoms with E-state index >= 15 is 0 Å². The predicted molar refractivity (Wildman–Crippen MR) is 104 cm³/mol. The number of nitrogens with one attached hydrogen (secondary N) is 3.